The van der Waals surface area contributed by atoms with Gasteiger partial charge in [-0.3, -0.25) is 9.48 Å². The predicted octanol–water partition coefficient (Wildman–Crippen LogP) is 2.56. The Bertz CT molecular complexity index is 734. The Morgan fingerprint density at radius 3 is 3.00 bits per heavy atom. The second-order valence-corrected chi connectivity index (χ2v) is 6.57. The lowest BCUT2D eigenvalue weighted by atomic mass is 9.93. The number of nitrogens with zero attached hydrogens (tertiary/aromatic N) is 3. The number of hydrogen-bond acceptors (Lipinski definition) is 5. The van der Waals surface area contributed by atoms with Gasteiger partial charge in [0.2, 0.25) is 0 Å². The molecule has 2 aromatic rings. The normalized spacial score (nSPS) is 21.3. The highest BCUT2D eigenvalue weighted by atomic mass is 16.5. The first-order valence-electron chi connectivity index (χ1n) is 8.77. The first kappa shape index (κ1) is 16.4. The molecule has 1 amide bonds. The number of ether oxygens (including phenoxy) is 2. The Balaban J connectivity index is 1.58. The number of carbonyl (C=O) groups is 1. The van der Waals surface area contributed by atoms with Crippen LogP contribution >= 0.6 is 0 Å². The van der Waals surface area contributed by atoms with E-state index in [0.29, 0.717) is 38.1 Å². The van der Waals surface area contributed by atoms with Crippen molar-refractivity contribution in [3.63, 3.8) is 0 Å². The summed E-state index contributed by atoms with van der Waals surface area (Å²) in [7, 11) is 1.63. The SMILES string of the molecule is COCc1ccc(C2COCCN2C(=O)c2ccnn2C2CCC2)o1. The molecule has 7 nitrogen and oxygen atoms in total. The third-order valence-corrected chi connectivity index (χ3v) is 5.00. The van der Waals surface area contributed by atoms with Gasteiger partial charge in [0.05, 0.1) is 19.3 Å². The molecule has 0 aromatic carbocycles. The molecule has 134 valence electrons. The molecule has 1 aliphatic heterocycles. The maximum atomic E-state index is 13.2. The van der Waals surface area contributed by atoms with E-state index in [1.807, 2.05) is 27.8 Å². The van der Waals surface area contributed by atoms with Crippen LogP contribution in [0.1, 0.15) is 53.4 Å². The third-order valence-electron chi connectivity index (χ3n) is 5.00. The summed E-state index contributed by atoms with van der Waals surface area (Å²) in [6.45, 7) is 1.92. The molecular weight excluding hydrogens is 322 g/mol. The molecule has 1 saturated carbocycles. The Morgan fingerprint density at radius 2 is 2.24 bits per heavy atom. The van der Waals surface area contributed by atoms with Gasteiger partial charge in [-0.2, -0.15) is 5.10 Å². The standard InChI is InChI=1S/C18H23N3O4/c1-23-11-14-5-6-17(25-14)16-12-24-10-9-20(16)18(22)15-7-8-19-21(15)13-3-2-4-13/h5-8,13,16H,2-4,9-12H2,1H3. The predicted molar refractivity (Wildman–Crippen MR) is 89.1 cm³/mol. The van der Waals surface area contributed by atoms with Crippen molar-refractivity contribution in [2.24, 2.45) is 0 Å². The van der Waals surface area contributed by atoms with Crippen LogP contribution in [0.3, 0.4) is 0 Å². The van der Waals surface area contributed by atoms with Gasteiger partial charge in [0.25, 0.3) is 5.91 Å². The number of aromatic nitrogens is 2. The van der Waals surface area contributed by atoms with Crippen molar-refractivity contribution in [3.8, 4) is 0 Å². The quantitative estimate of drug-likeness (QED) is 0.833. The first-order chi connectivity index (χ1) is 12.3. The van der Waals surface area contributed by atoms with Crippen LogP contribution in [-0.4, -0.2) is 47.5 Å². The van der Waals surface area contributed by atoms with E-state index in [1.54, 1.807) is 13.3 Å². The third kappa shape index (κ3) is 3.09. The summed E-state index contributed by atoms with van der Waals surface area (Å²) in [5, 5.41) is 4.38. The summed E-state index contributed by atoms with van der Waals surface area (Å²) < 4.78 is 18.4. The van der Waals surface area contributed by atoms with E-state index in [2.05, 4.69) is 5.10 Å². The van der Waals surface area contributed by atoms with Gasteiger partial charge in [0.15, 0.2) is 0 Å². The van der Waals surface area contributed by atoms with Crippen LogP contribution in [0, 0.1) is 0 Å². The molecule has 0 spiro atoms. The van der Waals surface area contributed by atoms with Gasteiger partial charge >= 0.3 is 0 Å². The number of amides is 1. The maximum Gasteiger partial charge on any atom is 0.272 e. The first-order valence-corrected chi connectivity index (χ1v) is 8.77. The van der Waals surface area contributed by atoms with Crippen molar-refractivity contribution in [2.75, 3.05) is 26.9 Å². The lowest BCUT2D eigenvalue weighted by molar-refractivity contribution is -0.0103. The Morgan fingerprint density at radius 1 is 1.36 bits per heavy atom. The molecule has 0 radical (unpaired) electrons. The summed E-state index contributed by atoms with van der Waals surface area (Å²) in [5.41, 5.74) is 0.653. The molecule has 7 heteroatoms. The van der Waals surface area contributed by atoms with E-state index in [9.17, 15) is 4.79 Å². The Labute approximate surface area is 146 Å². The lowest BCUT2D eigenvalue weighted by Crippen LogP contribution is -2.44. The number of methoxy groups -OCH3 is 1. The van der Waals surface area contributed by atoms with Gasteiger partial charge in [-0.25, -0.2) is 0 Å². The zero-order valence-electron chi connectivity index (χ0n) is 14.4. The van der Waals surface area contributed by atoms with Crippen LogP contribution in [0.2, 0.25) is 0 Å². The van der Waals surface area contributed by atoms with Gasteiger partial charge in [0.1, 0.15) is 29.9 Å². The fraction of sp³-hybridized carbons (Fsp3) is 0.556. The maximum absolute atomic E-state index is 13.2. The van der Waals surface area contributed by atoms with E-state index < -0.39 is 0 Å². The van der Waals surface area contributed by atoms with Crippen molar-refractivity contribution in [1.82, 2.24) is 14.7 Å². The van der Waals surface area contributed by atoms with Crippen molar-refractivity contribution in [1.29, 1.82) is 0 Å². The van der Waals surface area contributed by atoms with Gasteiger partial charge in [-0.05, 0) is 37.5 Å². The highest BCUT2D eigenvalue weighted by Crippen LogP contribution is 2.33. The number of carbonyl (C=O) groups excluding carboxylic acids is 1. The van der Waals surface area contributed by atoms with Crippen molar-refractivity contribution in [2.45, 2.75) is 38.0 Å². The molecule has 1 atom stereocenters. The van der Waals surface area contributed by atoms with Crippen molar-refractivity contribution in [3.05, 3.63) is 41.6 Å². The highest BCUT2D eigenvalue weighted by molar-refractivity contribution is 5.93. The van der Waals surface area contributed by atoms with E-state index >= 15 is 0 Å². The molecule has 1 saturated heterocycles. The molecule has 3 heterocycles. The van der Waals surface area contributed by atoms with Crippen LogP contribution in [0.25, 0.3) is 0 Å². The van der Waals surface area contributed by atoms with E-state index in [4.69, 9.17) is 13.9 Å². The van der Waals surface area contributed by atoms with Gasteiger partial charge in [-0.1, -0.05) is 0 Å². The molecule has 1 aliphatic carbocycles. The van der Waals surface area contributed by atoms with Gasteiger partial charge in [-0.15, -0.1) is 0 Å². The Hall–Kier alpha value is -2.12. The number of morpholine rings is 1. The van der Waals surface area contributed by atoms with E-state index in [0.717, 1.165) is 24.4 Å². The average molecular weight is 345 g/mol. The second kappa shape index (κ2) is 7.01. The molecule has 0 N–H and O–H groups in total. The minimum Gasteiger partial charge on any atom is -0.461 e. The highest BCUT2D eigenvalue weighted by Gasteiger charge is 2.34. The van der Waals surface area contributed by atoms with Crippen LogP contribution in [0.4, 0.5) is 0 Å². The van der Waals surface area contributed by atoms with Crippen molar-refractivity contribution < 1.29 is 18.7 Å². The largest absolute Gasteiger partial charge is 0.461 e. The molecular formula is C18H23N3O4. The Kier molecular flexibility index (Phi) is 4.59. The summed E-state index contributed by atoms with van der Waals surface area (Å²) in [4.78, 5) is 15.0. The molecule has 4 rings (SSSR count). The van der Waals surface area contributed by atoms with Crippen LogP contribution < -0.4 is 0 Å². The molecule has 2 aliphatic rings. The van der Waals surface area contributed by atoms with Crippen LogP contribution in [0.5, 0.6) is 0 Å². The fourth-order valence-electron chi connectivity index (χ4n) is 3.43. The zero-order chi connectivity index (χ0) is 17.2. The zero-order valence-corrected chi connectivity index (χ0v) is 14.4. The van der Waals surface area contributed by atoms with Gasteiger partial charge < -0.3 is 18.8 Å². The van der Waals surface area contributed by atoms with E-state index in [-0.39, 0.29) is 11.9 Å². The second-order valence-electron chi connectivity index (χ2n) is 6.57. The van der Waals surface area contributed by atoms with Crippen molar-refractivity contribution >= 4 is 5.91 Å². The number of rotatable bonds is 5. The van der Waals surface area contributed by atoms with Crippen LogP contribution in [0.15, 0.2) is 28.8 Å². The number of furan rings is 1. The minimum atomic E-state index is -0.225. The molecule has 2 aromatic heterocycles. The molecule has 0 bridgehead atoms. The summed E-state index contributed by atoms with van der Waals surface area (Å²) >= 11 is 0. The molecule has 25 heavy (non-hydrogen) atoms. The fourth-order valence-corrected chi connectivity index (χ4v) is 3.43. The average Bonchev–Trinajstić information content (AvgIpc) is 3.23. The summed E-state index contributed by atoms with van der Waals surface area (Å²) in [6, 6.07) is 5.72. The van der Waals surface area contributed by atoms with Crippen LogP contribution in [-0.2, 0) is 16.1 Å². The molecule has 1 unspecified atom stereocenters. The summed E-state index contributed by atoms with van der Waals surface area (Å²) in [5.74, 6) is 1.46. The van der Waals surface area contributed by atoms with E-state index in [1.165, 1.54) is 6.42 Å². The number of hydrogen-bond donors (Lipinski definition) is 0. The molecule has 2 fully saturated rings. The lowest BCUT2D eigenvalue weighted by Gasteiger charge is -2.35. The monoisotopic (exact) mass is 345 g/mol. The van der Waals surface area contributed by atoms with Gasteiger partial charge in [0, 0.05) is 19.9 Å². The smallest absolute Gasteiger partial charge is 0.272 e. The minimum absolute atomic E-state index is 0.0117. The summed E-state index contributed by atoms with van der Waals surface area (Å²) in [6.07, 6.45) is 5.09. The topological polar surface area (TPSA) is 69.7 Å².